The third-order valence-electron chi connectivity index (χ3n) is 7.38. The van der Waals surface area contributed by atoms with Crippen LogP contribution in [0.2, 0.25) is 0 Å². The maximum Gasteiger partial charge on any atom is 0.308 e. The minimum absolute atomic E-state index is 0.0309. The molecule has 4 atom stereocenters. The lowest BCUT2D eigenvalue weighted by molar-refractivity contribution is -0.138. The van der Waals surface area contributed by atoms with E-state index in [1.165, 1.54) is 24.5 Å². The second kappa shape index (κ2) is 6.81. The zero-order valence-corrected chi connectivity index (χ0v) is 16.4. The molecule has 0 N–H and O–H groups in total. The van der Waals surface area contributed by atoms with Crippen LogP contribution >= 0.6 is 0 Å². The first kappa shape index (κ1) is 18.3. The van der Waals surface area contributed by atoms with Crippen molar-refractivity contribution >= 4 is 12.3 Å². The number of carbonyl (C=O) groups is 2. The van der Waals surface area contributed by atoms with Crippen LogP contribution in [0.1, 0.15) is 63.0 Å². The normalized spacial score (nSPS) is 33.4. The third kappa shape index (κ3) is 2.90. The van der Waals surface area contributed by atoms with E-state index in [9.17, 15) is 9.59 Å². The Labute approximate surface area is 160 Å². The van der Waals surface area contributed by atoms with E-state index < -0.39 is 5.97 Å². The molecule has 4 rings (SSSR count). The first-order valence-electron chi connectivity index (χ1n) is 10.0. The second-order valence-electron chi connectivity index (χ2n) is 8.53. The van der Waals surface area contributed by atoms with E-state index in [-0.39, 0.29) is 11.2 Å². The minimum Gasteiger partial charge on any atom is -0.497 e. The summed E-state index contributed by atoms with van der Waals surface area (Å²) in [5, 5.41) is 0. The van der Waals surface area contributed by atoms with Gasteiger partial charge in [0.15, 0.2) is 12.0 Å². The predicted molar refractivity (Wildman–Crippen MR) is 102 cm³/mol. The number of fused-ring (bicyclic) bond motifs is 5. The van der Waals surface area contributed by atoms with Crippen LogP contribution < -0.4 is 4.74 Å². The molecule has 0 aromatic heterocycles. The number of esters is 1. The molecule has 144 valence electrons. The van der Waals surface area contributed by atoms with Gasteiger partial charge in [-0.05, 0) is 90.5 Å². The number of methoxy groups -OCH3 is 1. The van der Waals surface area contributed by atoms with Gasteiger partial charge in [-0.25, -0.2) is 0 Å². The monoisotopic (exact) mass is 368 g/mol. The summed E-state index contributed by atoms with van der Waals surface area (Å²) in [5.41, 5.74) is 3.96. The van der Waals surface area contributed by atoms with E-state index in [1.54, 1.807) is 7.11 Å². The highest BCUT2D eigenvalue weighted by molar-refractivity contribution is 5.79. The Morgan fingerprint density at radius 1 is 1.22 bits per heavy atom. The zero-order valence-electron chi connectivity index (χ0n) is 16.4. The van der Waals surface area contributed by atoms with Gasteiger partial charge in [0, 0.05) is 6.92 Å². The number of hydrogen-bond acceptors (Lipinski definition) is 4. The molecule has 0 aliphatic heterocycles. The van der Waals surface area contributed by atoms with Gasteiger partial charge in [0.05, 0.1) is 7.11 Å². The van der Waals surface area contributed by atoms with Crippen molar-refractivity contribution in [3.8, 4) is 5.75 Å². The molecule has 0 heterocycles. The number of rotatable bonds is 3. The summed E-state index contributed by atoms with van der Waals surface area (Å²) in [6.45, 7) is 3.65. The topological polar surface area (TPSA) is 52.6 Å². The van der Waals surface area contributed by atoms with Gasteiger partial charge in [-0.3, -0.25) is 9.59 Å². The van der Waals surface area contributed by atoms with E-state index >= 15 is 0 Å². The molecule has 2 saturated carbocycles. The van der Waals surface area contributed by atoms with Crippen molar-refractivity contribution in [1.82, 2.24) is 0 Å². The lowest BCUT2D eigenvalue weighted by atomic mass is 9.55. The maximum absolute atomic E-state index is 11.6. The van der Waals surface area contributed by atoms with Gasteiger partial charge in [0.25, 0.3) is 0 Å². The Morgan fingerprint density at radius 2 is 2.04 bits per heavy atom. The van der Waals surface area contributed by atoms with Gasteiger partial charge < -0.3 is 9.47 Å². The SMILES string of the molecule is COc1ccc2c(c1)CC[C@@H]1[C@@H]2CC[C@]2(C)/C(=C(/C=O)OC(C)=O)CC[C@@H]12. The number of aldehydes is 1. The van der Waals surface area contributed by atoms with Gasteiger partial charge in [0.1, 0.15) is 5.75 Å². The molecule has 0 saturated heterocycles. The lowest BCUT2D eigenvalue weighted by Gasteiger charge is -2.49. The highest BCUT2D eigenvalue weighted by Crippen LogP contribution is 2.63. The van der Waals surface area contributed by atoms with Gasteiger partial charge in [-0.1, -0.05) is 13.0 Å². The lowest BCUT2D eigenvalue weighted by Crippen LogP contribution is -2.40. The van der Waals surface area contributed by atoms with Crippen molar-refractivity contribution in [3.63, 3.8) is 0 Å². The second-order valence-corrected chi connectivity index (χ2v) is 8.53. The fourth-order valence-electron chi connectivity index (χ4n) is 6.21. The van der Waals surface area contributed by atoms with Crippen molar-refractivity contribution < 1.29 is 19.1 Å². The van der Waals surface area contributed by atoms with Crippen molar-refractivity contribution in [3.05, 3.63) is 40.7 Å². The van der Waals surface area contributed by atoms with Crippen LogP contribution in [-0.4, -0.2) is 19.4 Å². The Hall–Kier alpha value is -2.10. The smallest absolute Gasteiger partial charge is 0.308 e. The van der Waals surface area contributed by atoms with Crippen LogP contribution in [0.3, 0.4) is 0 Å². The van der Waals surface area contributed by atoms with Crippen LogP contribution in [0, 0.1) is 17.3 Å². The standard InChI is InChI=1S/C23H28O4/c1-14(25)27-22(13-24)21-9-8-20-19-6-4-15-12-16(26-3)5-7-17(15)18(19)10-11-23(20,21)2/h5,7,12-13,18-20H,4,6,8-11H2,1-3H3/b22-21-/t18-,19-,20+,23+/m1/s1. The Morgan fingerprint density at radius 3 is 2.74 bits per heavy atom. The highest BCUT2D eigenvalue weighted by atomic mass is 16.5. The van der Waals surface area contributed by atoms with Crippen molar-refractivity contribution in [1.29, 1.82) is 0 Å². The van der Waals surface area contributed by atoms with Gasteiger partial charge in [0.2, 0.25) is 0 Å². The fraction of sp³-hybridized carbons (Fsp3) is 0.565. The Kier molecular flexibility index (Phi) is 4.61. The summed E-state index contributed by atoms with van der Waals surface area (Å²) in [4.78, 5) is 23.0. The van der Waals surface area contributed by atoms with Crippen LogP contribution in [0.15, 0.2) is 29.5 Å². The van der Waals surface area contributed by atoms with Crippen LogP contribution in [0.25, 0.3) is 0 Å². The first-order valence-corrected chi connectivity index (χ1v) is 10.0. The van der Waals surface area contributed by atoms with E-state index in [0.717, 1.165) is 49.7 Å². The van der Waals surface area contributed by atoms with Crippen LogP contribution in [0.4, 0.5) is 0 Å². The average molecular weight is 368 g/mol. The van der Waals surface area contributed by atoms with E-state index in [4.69, 9.17) is 9.47 Å². The number of aryl methyl sites for hydroxylation is 1. The van der Waals surface area contributed by atoms with Crippen LogP contribution in [0.5, 0.6) is 5.75 Å². The van der Waals surface area contributed by atoms with E-state index in [1.807, 2.05) is 0 Å². The summed E-state index contributed by atoms with van der Waals surface area (Å²) in [6, 6.07) is 6.54. The molecule has 1 aromatic rings. The van der Waals surface area contributed by atoms with Gasteiger partial charge in [-0.15, -0.1) is 0 Å². The Balaban J connectivity index is 1.67. The predicted octanol–water partition coefficient (Wildman–Crippen LogP) is 4.57. The molecule has 4 heteroatoms. The maximum atomic E-state index is 11.6. The molecule has 0 bridgehead atoms. The Bertz CT molecular complexity index is 809. The quantitative estimate of drug-likeness (QED) is 0.339. The molecule has 0 radical (unpaired) electrons. The summed E-state index contributed by atoms with van der Waals surface area (Å²) in [6.07, 6.45) is 7.11. The van der Waals surface area contributed by atoms with E-state index in [2.05, 4.69) is 25.1 Å². The number of benzene rings is 1. The fourth-order valence-corrected chi connectivity index (χ4v) is 6.21. The largest absolute Gasteiger partial charge is 0.497 e. The summed E-state index contributed by atoms with van der Waals surface area (Å²) >= 11 is 0. The molecule has 2 fully saturated rings. The van der Waals surface area contributed by atoms with Crippen molar-refractivity contribution in [2.75, 3.05) is 7.11 Å². The van der Waals surface area contributed by atoms with Crippen LogP contribution in [-0.2, 0) is 20.7 Å². The van der Waals surface area contributed by atoms with Gasteiger partial charge in [-0.2, -0.15) is 0 Å². The van der Waals surface area contributed by atoms with Gasteiger partial charge >= 0.3 is 5.97 Å². The minimum atomic E-state index is -0.411. The molecular weight excluding hydrogens is 340 g/mol. The molecule has 0 spiro atoms. The molecule has 0 amide bonds. The molecular formula is C23H28O4. The summed E-state index contributed by atoms with van der Waals surface area (Å²) < 4.78 is 10.7. The third-order valence-corrected chi connectivity index (χ3v) is 7.38. The number of ether oxygens (including phenoxy) is 2. The van der Waals surface area contributed by atoms with E-state index in [0.29, 0.717) is 17.8 Å². The number of hydrogen-bond donors (Lipinski definition) is 0. The molecule has 3 aliphatic carbocycles. The molecule has 3 aliphatic rings. The number of allylic oxidation sites excluding steroid dienone is 2. The zero-order chi connectivity index (χ0) is 19.2. The summed E-state index contributed by atoms with van der Waals surface area (Å²) in [5.74, 6) is 2.57. The summed E-state index contributed by atoms with van der Waals surface area (Å²) in [7, 11) is 1.72. The molecule has 27 heavy (non-hydrogen) atoms. The van der Waals surface area contributed by atoms with Crippen molar-refractivity contribution in [2.24, 2.45) is 17.3 Å². The van der Waals surface area contributed by atoms with Crippen molar-refractivity contribution in [2.45, 2.75) is 58.3 Å². The highest BCUT2D eigenvalue weighted by Gasteiger charge is 2.53. The number of carbonyl (C=O) groups excluding carboxylic acids is 2. The molecule has 1 aromatic carbocycles. The first-order chi connectivity index (χ1) is 13.0. The molecule has 4 nitrogen and oxygen atoms in total. The molecule has 0 unspecified atom stereocenters. The average Bonchev–Trinajstić information content (AvgIpc) is 3.02.